The van der Waals surface area contributed by atoms with Crippen LogP contribution in [-0.2, 0) is 5.41 Å². The van der Waals surface area contributed by atoms with Gasteiger partial charge in [-0.25, -0.2) is 9.97 Å². The van der Waals surface area contributed by atoms with Crippen molar-refractivity contribution in [3.63, 3.8) is 0 Å². The van der Waals surface area contributed by atoms with Gasteiger partial charge in [-0.1, -0.05) is 146 Å². The van der Waals surface area contributed by atoms with E-state index in [-0.39, 0.29) is 0 Å². The van der Waals surface area contributed by atoms with Crippen LogP contribution in [0.3, 0.4) is 0 Å². The Morgan fingerprint density at radius 3 is 1.59 bits per heavy atom. The second-order valence-electron chi connectivity index (χ2n) is 13.9. The van der Waals surface area contributed by atoms with Crippen molar-refractivity contribution in [2.24, 2.45) is 0 Å². The molecule has 0 fully saturated rings. The van der Waals surface area contributed by atoms with Crippen LogP contribution in [0.15, 0.2) is 188 Å². The van der Waals surface area contributed by atoms with Crippen molar-refractivity contribution in [3.8, 4) is 67.7 Å². The second-order valence-corrected chi connectivity index (χ2v) is 13.9. The lowest BCUT2D eigenvalue weighted by Gasteiger charge is -2.39. The Bertz CT molecular complexity index is 2810. The van der Waals surface area contributed by atoms with Gasteiger partial charge in [-0.15, -0.1) is 0 Å². The van der Waals surface area contributed by atoms with Gasteiger partial charge in [0.25, 0.3) is 0 Å². The summed E-state index contributed by atoms with van der Waals surface area (Å²) in [6, 6.07) is 64.0. The Kier molecular flexibility index (Phi) is 6.73. The quantitative estimate of drug-likeness (QED) is 0.185. The number of aromatic nitrogens is 3. The minimum Gasteiger partial charge on any atom is -0.457 e. The summed E-state index contributed by atoms with van der Waals surface area (Å²) < 4.78 is 6.68. The fourth-order valence-corrected chi connectivity index (χ4v) is 8.63. The molecular formula is C50H31N3O. The molecule has 3 heterocycles. The van der Waals surface area contributed by atoms with Gasteiger partial charge >= 0.3 is 0 Å². The molecule has 0 unspecified atom stereocenters. The van der Waals surface area contributed by atoms with E-state index in [0.29, 0.717) is 5.82 Å². The smallest absolute Gasteiger partial charge is 0.160 e. The second kappa shape index (κ2) is 11.9. The normalized spacial score (nSPS) is 13.1. The highest BCUT2D eigenvalue weighted by Crippen LogP contribution is 2.62. The van der Waals surface area contributed by atoms with Crippen LogP contribution >= 0.6 is 0 Å². The predicted octanol–water partition coefficient (Wildman–Crippen LogP) is 12.2. The van der Waals surface area contributed by atoms with Crippen molar-refractivity contribution in [2.45, 2.75) is 5.41 Å². The summed E-state index contributed by atoms with van der Waals surface area (Å²) in [6.07, 6.45) is 1.88. The lowest BCUT2D eigenvalue weighted by atomic mass is 9.65. The highest BCUT2D eigenvalue weighted by molar-refractivity contribution is 5.96. The van der Waals surface area contributed by atoms with Gasteiger partial charge in [0, 0.05) is 45.0 Å². The molecule has 1 aliphatic carbocycles. The van der Waals surface area contributed by atoms with Crippen LogP contribution in [0.1, 0.15) is 22.3 Å². The van der Waals surface area contributed by atoms with E-state index in [0.717, 1.165) is 72.7 Å². The summed E-state index contributed by atoms with van der Waals surface area (Å²) >= 11 is 0. The number of benzene rings is 7. The Labute approximate surface area is 313 Å². The lowest BCUT2D eigenvalue weighted by Crippen LogP contribution is -2.32. The number of hydrogen-bond donors (Lipinski definition) is 0. The van der Waals surface area contributed by atoms with E-state index in [9.17, 15) is 0 Å². The third-order valence-corrected chi connectivity index (χ3v) is 11.0. The molecule has 4 heteroatoms. The summed E-state index contributed by atoms with van der Waals surface area (Å²) in [5, 5.41) is 1.12. The maximum Gasteiger partial charge on any atom is 0.160 e. The van der Waals surface area contributed by atoms with Crippen molar-refractivity contribution in [1.29, 1.82) is 0 Å². The van der Waals surface area contributed by atoms with Crippen LogP contribution < -0.4 is 4.74 Å². The molecule has 2 aliphatic rings. The van der Waals surface area contributed by atoms with Crippen molar-refractivity contribution in [3.05, 3.63) is 210 Å². The van der Waals surface area contributed by atoms with Crippen LogP contribution in [0.5, 0.6) is 11.5 Å². The lowest BCUT2D eigenvalue weighted by molar-refractivity contribution is 0.436. The zero-order valence-corrected chi connectivity index (χ0v) is 29.1. The number of para-hydroxylation sites is 3. The molecule has 54 heavy (non-hydrogen) atoms. The van der Waals surface area contributed by atoms with Crippen molar-refractivity contribution in [2.75, 3.05) is 0 Å². The molecule has 0 N–H and O–H groups in total. The fourth-order valence-electron chi connectivity index (χ4n) is 8.63. The topological polar surface area (TPSA) is 47.9 Å². The molecule has 0 atom stereocenters. The number of nitrogens with zero attached hydrogens (tertiary/aromatic N) is 3. The van der Waals surface area contributed by atoms with E-state index in [1.807, 2.05) is 24.4 Å². The fraction of sp³-hybridized carbons (Fsp3) is 0.0200. The Hall–Kier alpha value is -7.17. The standard InChI is InChI=1S/C50H31N3O/c1-3-13-32(14-4-1)44-31-45(33-15-5-2-6-16-33)53-49(52-44)36-25-27-39-38-26-24-35(37-19-11-17-34-18-12-28-51-48(34)37)29-42(38)50(43(39)30-36)40-20-7-9-22-46(40)54-47-23-10-8-21-41(47)50/h1-31H. The largest absolute Gasteiger partial charge is 0.457 e. The number of hydrogen-bond acceptors (Lipinski definition) is 4. The van der Waals surface area contributed by atoms with Gasteiger partial charge in [-0.05, 0) is 64.2 Å². The molecule has 0 saturated carbocycles. The van der Waals surface area contributed by atoms with Gasteiger partial charge in [0.05, 0.1) is 22.3 Å². The van der Waals surface area contributed by atoms with Gasteiger partial charge in [0.1, 0.15) is 11.5 Å². The van der Waals surface area contributed by atoms with Crippen molar-refractivity contribution in [1.82, 2.24) is 15.0 Å². The van der Waals surface area contributed by atoms with Crippen LogP contribution in [-0.4, -0.2) is 15.0 Å². The molecule has 252 valence electrons. The van der Waals surface area contributed by atoms with E-state index < -0.39 is 5.41 Å². The molecule has 0 radical (unpaired) electrons. The Balaban J connectivity index is 1.19. The van der Waals surface area contributed by atoms with Crippen LogP contribution in [0, 0.1) is 0 Å². The summed E-state index contributed by atoms with van der Waals surface area (Å²) in [5.74, 6) is 2.39. The van der Waals surface area contributed by atoms with Gasteiger partial charge < -0.3 is 4.74 Å². The SMILES string of the molecule is c1ccc(-c2cc(-c3ccccc3)nc(-c3ccc4c(c3)C3(c5ccccc5Oc5ccccc53)c3cc(-c5cccc6cccnc56)ccc3-4)n2)cc1. The number of pyridine rings is 1. The summed E-state index contributed by atoms with van der Waals surface area (Å²) in [7, 11) is 0. The first-order valence-electron chi connectivity index (χ1n) is 18.3. The third kappa shape index (κ3) is 4.53. The van der Waals surface area contributed by atoms with Gasteiger partial charge in [0.15, 0.2) is 5.82 Å². The van der Waals surface area contributed by atoms with Gasteiger partial charge in [0.2, 0.25) is 0 Å². The molecule has 2 aromatic heterocycles. The third-order valence-electron chi connectivity index (χ3n) is 11.0. The van der Waals surface area contributed by atoms with Gasteiger partial charge in [-0.3, -0.25) is 4.98 Å². The van der Waals surface area contributed by atoms with Crippen LogP contribution in [0.4, 0.5) is 0 Å². The molecule has 11 rings (SSSR count). The van der Waals surface area contributed by atoms with E-state index in [1.165, 1.54) is 22.3 Å². The molecule has 1 spiro atoms. The summed E-state index contributed by atoms with van der Waals surface area (Å²) in [4.78, 5) is 15.3. The molecule has 0 bridgehead atoms. The molecule has 7 aromatic carbocycles. The minimum atomic E-state index is -0.667. The molecular weight excluding hydrogens is 659 g/mol. The summed E-state index contributed by atoms with van der Waals surface area (Å²) in [5.41, 5.74) is 14.4. The molecule has 1 aliphatic heterocycles. The molecule has 4 nitrogen and oxygen atoms in total. The average molecular weight is 690 g/mol. The molecule has 9 aromatic rings. The molecule has 0 saturated heterocycles. The van der Waals surface area contributed by atoms with E-state index in [4.69, 9.17) is 19.7 Å². The zero-order valence-electron chi connectivity index (χ0n) is 29.1. The number of fused-ring (bicyclic) bond motifs is 10. The van der Waals surface area contributed by atoms with E-state index in [2.05, 4.69) is 164 Å². The highest BCUT2D eigenvalue weighted by atomic mass is 16.5. The minimum absolute atomic E-state index is 0.667. The highest BCUT2D eigenvalue weighted by Gasteiger charge is 2.51. The maximum atomic E-state index is 6.68. The number of ether oxygens (including phenoxy) is 1. The summed E-state index contributed by atoms with van der Waals surface area (Å²) in [6.45, 7) is 0. The average Bonchev–Trinajstić information content (AvgIpc) is 3.53. The van der Waals surface area contributed by atoms with Crippen molar-refractivity contribution >= 4 is 10.9 Å². The van der Waals surface area contributed by atoms with Crippen LogP contribution in [0.2, 0.25) is 0 Å². The Morgan fingerprint density at radius 2 is 0.944 bits per heavy atom. The number of rotatable bonds is 4. The first-order chi connectivity index (χ1) is 26.8. The van der Waals surface area contributed by atoms with Crippen molar-refractivity contribution < 1.29 is 4.74 Å². The molecule has 0 amide bonds. The first-order valence-corrected chi connectivity index (χ1v) is 18.3. The first kappa shape index (κ1) is 30.5. The predicted molar refractivity (Wildman–Crippen MR) is 216 cm³/mol. The van der Waals surface area contributed by atoms with E-state index in [1.54, 1.807) is 0 Å². The Morgan fingerprint density at radius 1 is 0.389 bits per heavy atom. The zero-order chi connectivity index (χ0) is 35.6. The van der Waals surface area contributed by atoms with Crippen LogP contribution in [0.25, 0.3) is 67.1 Å². The van der Waals surface area contributed by atoms with Gasteiger partial charge in [-0.2, -0.15) is 0 Å². The van der Waals surface area contributed by atoms with E-state index >= 15 is 0 Å². The maximum absolute atomic E-state index is 6.68. The monoisotopic (exact) mass is 689 g/mol.